The standard InChI is InChI=1S/C25H21ClFN3O5/c1-29-23-22(24(33)30(25(29)34)12-2-3-21(31)32)19(13-15-4-8-17(27)9-5-15)20(14-28-23)35-18-10-6-16(26)7-11-18/h4-11,14H,2-3,12-13H2,1H3,(H,31,32). The summed E-state index contributed by atoms with van der Waals surface area (Å²) < 4.78 is 21.8. The zero-order valence-electron chi connectivity index (χ0n) is 18.7. The van der Waals surface area contributed by atoms with Crippen LogP contribution in [0, 0.1) is 5.82 Å². The molecule has 0 spiro atoms. The predicted molar refractivity (Wildman–Crippen MR) is 129 cm³/mol. The summed E-state index contributed by atoms with van der Waals surface area (Å²) in [5.41, 5.74) is 0.142. The topological polar surface area (TPSA) is 103 Å². The van der Waals surface area contributed by atoms with Gasteiger partial charge in [0.25, 0.3) is 5.56 Å². The molecule has 0 aliphatic carbocycles. The van der Waals surface area contributed by atoms with Crippen LogP contribution in [0.1, 0.15) is 24.0 Å². The SMILES string of the molecule is Cn1c(=O)n(CCCC(=O)O)c(=O)c2c(Cc3ccc(F)cc3)c(Oc3ccc(Cl)cc3)cnc21. The molecule has 0 atom stereocenters. The van der Waals surface area contributed by atoms with Crippen molar-refractivity contribution in [3.8, 4) is 11.5 Å². The lowest BCUT2D eigenvalue weighted by Gasteiger charge is -2.16. The van der Waals surface area contributed by atoms with Crippen LogP contribution in [0.4, 0.5) is 4.39 Å². The Morgan fingerprint density at radius 3 is 2.46 bits per heavy atom. The third-order valence-electron chi connectivity index (χ3n) is 5.53. The number of rotatable bonds is 8. The number of benzene rings is 2. The first-order valence-electron chi connectivity index (χ1n) is 10.8. The summed E-state index contributed by atoms with van der Waals surface area (Å²) in [6.07, 6.45) is 1.56. The maximum atomic E-state index is 13.5. The molecule has 4 aromatic rings. The average molecular weight is 498 g/mol. The fraction of sp³-hybridized carbons (Fsp3) is 0.200. The Balaban J connectivity index is 1.91. The van der Waals surface area contributed by atoms with Gasteiger partial charge in [0, 0.05) is 37.0 Å². The van der Waals surface area contributed by atoms with Crippen molar-refractivity contribution in [1.29, 1.82) is 0 Å². The van der Waals surface area contributed by atoms with Crippen LogP contribution in [0.2, 0.25) is 5.02 Å². The lowest BCUT2D eigenvalue weighted by molar-refractivity contribution is -0.137. The maximum absolute atomic E-state index is 13.5. The number of aliphatic carboxylic acids is 1. The van der Waals surface area contributed by atoms with Crippen LogP contribution in [0.25, 0.3) is 11.0 Å². The van der Waals surface area contributed by atoms with Gasteiger partial charge in [-0.05, 0) is 48.4 Å². The molecule has 2 aromatic carbocycles. The first-order chi connectivity index (χ1) is 16.7. The van der Waals surface area contributed by atoms with Crippen LogP contribution >= 0.6 is 11.6 Å². The molecule has 0 fully saturated rings. The fourth-order valence-corrected chi connectivity index (χ4v) is 3.90. The highest BCUT2D eigenvalue weighted by molar-refractivity contribution is 6.30. The van der Waals surface area contributed by atoms with E-state index in [1.807, 2.05) is 0 Å². The van der Waals surface area contributed by atoms with Crippen LogP contribution < -0.4 is 16.0 Å². The molecule has 0 aliphatic heterocycles. The van der Waals surface area contributed by atoms with Gasteiger partial charge in [-0.25, -0.2) is 14.2 Å². The number of hydrogen-bond donors (Lipinski definition) is 1. The van der Waals surface area contributed by atoms with E-state index in [4.69, 9.17) is 21.4 Å². The average Bonchev–Trinajstić information content (AvgIpc) is 2.83. The van der Waals surface area contributed by atoms with E-state index in [0.717, 1.165) is 4.57 Å². The van der Waals surface area contributed by atoms with Gasteiger partial charge in [-0.3, -0.25) is 18.7 Å². The Morgan fingerprint density at radius 1 is 1.11 bits per heavy atom. The monoisotopic (exact) mass is 497 g/mol. The number of halogens is 2. The van der Waals surface area contributed by atoms with Crippen LogP contribution in [-0.2, 0) is 24.8 Å². The molecule has 4 rings (SSSR count). The van der Waals surface area contributed by atoms with Crippen molar-refractivity contribution >= 4 is 28.6 Å². The summed E-state index contributed by atoms with van der Waals surface area (Å²) in [6.45, 7) is -0.0635. The van der Waals surface area contributed by atoms with Gasteiger partial charge in [-0.1, -0.05) is 23.7 Å². The predicted octanol–water partition coefficient (Wildman–Crippen LogP) is 4.14. The molecule has 0 unspecified atom stereocenters. The van der Waals surface area contributed by atoms with Crippen molar-refractivity contribution in [3.05, 3.63) is 97.5 Å². The number of aryl methyl sites for hydroxylation is 1. The molecule has 0 amide bonds. The number of hydrogen-bond acceptors (Lipinski definition) is 5. The van der Waals surface area contributed by atoms with Crippen LogP contribution in [-0.4, -0.2) is 25.2 Å². The molecule has 0 aliphatic rings. The van der Waals surface area contributed by atoms with Crippen LogP contribution in [0.3, 0.4) is 0 Å². The van der Waals surface area contributed by atoms with Crippen molar-refractivity contribution in [2.75, 3.05) is 0 Å². The smallest absolute Gasteiger partial charge is 0.332 e. The Kier molecular flexibility index (Phi) is 6.97. The second kappa shape index (κ2) is 10.1. The van der Waals surface area contributed by atoms with Gasteiger partial charge >= 0.3 is 11.7 Å². The largest absolute Gasteiger partial charge is 0.481 e. The molecule has 0 bridgehead atoms. The minimum Gasteiger partial charge on any atom is -0.481 e. The summed E-state index contributed by atoms with van der Waals surface area (Å²) in [4.78, 5) is 41.6. The Bertz CT molecular complexity index is 1510. The summed E-state index contributed by atoms with van der Waals surface area (Å²) in [5.74, 6) is -0.665. The van der Waals surface area contributed by atoms with E-state index in [9.17, 15) is 18.8 Å². The molecule has 0 radical (unpaired) electrons. The van der Waals surface area contributed by atoms with Gasteiger partial charge < -0.3 is 9.84 Å². The maximum Gasteiger partial charge on any atom is 0.332 e. The number of pyridine rings is 1. The van der Waals surface area contributed by atoms with E-state index in [0.29, 0.717) is 21.9 Å². The highest BCUT2D eigenvalue weighted by Gasteiger charge is 2.20. The second-order valence-electron chi connectivity index (χ2n) is 7.95. The van der Waals surface area contributed by atoms with Crippen LogP contribution in [0.15, 0.2) is 64.3 Å². The molecule has 10 heteroatoms. The number of carbonyl (C=O) groups is 1. The third kappa shape index (κ3) is 5.25. The minimum atomic E-state index is -1.02. The fourth-order valence-electron chi connectivity index (χ4n) is 3.78. The molecule has 2 aromatic heterocycles. The molecule has 8 nitrogen and oxygen atoms in total. The molecule has 2 heterocycles. The summed E-state index contributed by atoms with van der Waals surface area (Å²) in [7, 11) is 1.49. The van der Waals surface area contributed by atoms with Crippen LogP contribution in [0.5, 0.6) is 11.5 Å². The van der Waals surface area contributed by atoms with E-state index < -0.39 is 23.0 Å². The van der Waals surface area contributed by atoms with Crippen molar-refractivity contribution in [2.45, 2.75) is 25.8 Å². The van der Waals surface area contributed by atoms with Gasteiger partial charge in [-0.2, -0.15) is 0 Å². The highest BCUT2D eigenvalue weighted by Crippen LogP contribution is 2.31. The Labute approximate surface area is 203 Å². The summed E-state index contributed by atoms with van der Waals surface area (Å²) in [5, 5.41) is 9.64. The number of aromatic nitrogens is 3. The van der Waals surface area contributed by atoms with Crippen molar-refractivity contribution in [2.24, 2.45) is 7.05 Å². The van der Waals surface area contributed by atoms with Gasteiger partial charge in [-0.15, -0.1) is 0 Å². The molecule has 0 saturated carbocycles. The Morgan fingerprint density at radius 2 is 1.80 bits per heavy atom. The van der Waals surface area contributed by atoms with E-state index in [1.165, 1.54) is 29.9 Å². The zero-order chi connectivity index (χ0) is 25.1. The third-order valence-corrected chi connectivity index (χ3v) is 5.78. The summed E-state index contributed by atoms with van der Waals surface area (Å²) in [6, 6.07) is 12.5. The lowest BCUT2D eigenvalue weighted by atomic mass is 10.0. The van der Waals surface area contributed by atoms with E-state index in [1.54, 1.807) is 36.4 Å². The minimum absolute atomic E-state index is 0.0635. The lowest BCUT2D eigenvalue weighted by Crippen LogP contribution is -2.40. The number of fused-ring (bicyclic) bond motifs is 1. The van der Waals surface area contributed by atoms with Crippen molar-refractivity contribution in [1.82, 2.24) is 14.1 Å². The van der Waals surface area contributed by atoms with Gasteiger partial charge in [0.15, 0.2) is 0 Å². The van der Waals surface area contributed by atoms with Crippen molar-refractivity contribution < 1.29 is 19.0 Å². The van der Waals surface area contributed by atoms with E-state index >= 15 is 0 Å². The number of carboxylic acid groups (broad SMARTS) is 1. The van der Waals surface area contributed by atoms with E-state index in [2.05, 4.69) is 4.98 Å². The van der Waals surface area contributed by atoms with E-state index in [-0.39, 0.29) is 42.6 Å². The first-order valence-corrected chi connectivity index (χ1v) is 11.1. The zero-order valence-corrected chi connectivity index (χ0v) is 19.5. The number of carboxylic acids is 1. The molecular weight excluding hydrogens is 477 g/mol. The Hall–Kier alpha value is -3.98. The van der Waals surface area contributed by atoms with Gasteiger partial charge in [0.05, 0.1) is 11.6 Å². The molecule has 180 valence electrons. The molecular formula is C25H21ClFN3O5. The number of nitrogens with zero attached hydrogens (tertiary/aromatic N) is 3. The quantitative estimate of drug-likeness (QED) is 0.392. The first kappa shape index (κ1) is 24.2. The summed E-state index contributed by atoms with van der Waals surface area (Å²) >= 11 is 5.96. The second-order valence-corrected chi connectivity index (χ2v) is 8.39. The molecule has 1 N–H and O–H groups in total. The molecule has 35 heavy (non-hydrogen) atoms. The number of ether oxygens (including phenoxy) is 1. The normalized spacial score (nSPS) is 11.1. The van der Waals surface area contributed by atoms with Crippen molar-refractivity contribution in [3.63, 3.8) is 0 Å². The van der Waals surface area contributed by atoms with Gasteiger partial charge in [0.2, 0.25) is 0 Å². The molecule has 0 saturated heterocycles. The highest BCUT2D eigenvalue weighted by atomic mass is 35.5. The van der Waals surface area contributed by atoms with Gasteiger partial charge in [0.1, 0.15) is 23.0 Å².